The van der Waals surface area contributed by atoms with Crippen LogP contribution in [-0.2, 0) is 20.7 Å². The van der Waals surface area contributed by atoms with Crippen molar-refractivity contribution in [2.24, 2.45) is 0 Å². The number of aromatic nitrogens is 2. The Kier molecular flexibility index (Phi) is 6.68. The summed E-state index contributed by atoms with van der Waals surface area (Å²) in [6.45, 7) is 3.79. The summed E-state index contributed by atoms with van der Waals surface area (Å²) in [5.74, 6) is -0.937. The number of ether oxygens (including phenoxy) is 1. The monoisotopic (exact) mass is 369 g/mol. The lowest BCUT2D eigenvalue weighted by Gasteiger charge is -2.06. The van der Waals surface area contributed by atoms with Crippen molar-refractivity contribution < 1.29 is 18.7 Å². The minimum absolute atomic E-state index is 0.113. The lowest BCUT2D eigenvalue weighted by Crippen LogP contribution is -2.16. The first-order valence-corrected chi connectivity index (χ1v) is 8.88. The fourth-order valence-electron chi connectivity index (χ4n) is 1.72. The summed E-state index contributed by atoms with van der Waals surface area (Å²) in [4.78, 5) is 23.5. The van der Waals surface area contributed by atoms with E-state index in [4.69, 9.17) is 4.74 Å². The summed E-state index contributed by atoms with van der Waals surface area (Å²) in [5.41, 5.74) is 0.698. The Balaban J connectivity index is 1.87. The van der Waals surface area contributed by atoms with E-state index in [-0.39, 0.29) is 24.1 Å². The number of halogens is 1. The SMILES string of the molecule is CCOC(=O)C(C)Sc1nnc(NC(=O)Cc2ccc(F)cc2)s1. The van der Waals surface area contributed by atoms with Crippen LogP contribution in [0.5, 0.6) is 0 Å². The highest BCUT2D eigenvalue weighted by Crippen LogP contribution is 2.29. The van der Waals surface area contributed by atoms with E-state index in [1.165, 1.54) is 35.2 Å². The van der Waals surface area contributed by atoms with E-state index in [2.05, 4.69) is 15.5 Å². The highest BCUT2D eigenvalue weighted by atomic mass is 32.2. The fourth-order valence-corrected chi connectivity index (χ4v) is 3.63. The van der Waals surface area contributed by atoms with E-state index in [9.17, 15) is 14.0 Å². The molecule has 0 bridgehead atoms. The first-order chi connectivity index (χ1) is 11.5. The molecule has 24 heavy (non-hydrogen) atoms. The number of nitrogens with zero attached hydrogens (tertiary/aromatic N) is 2. The first kappa shape index (κ1) is 18.3. The maximum absolute atomic E-state index is 12.8. The van der Waals surface area contributed by atoms with Crippen LogP contribution in [0.1, 0.15) is 19.4 Å². The molecule has 1 aromatic heterocycles. The standard InChI is InChI=1S/C15H16FN3O3S2/c1-3-22-13(21)9(2)23-15-19-18-14(24-15)17-12(20)8-10-4-6-11(16)7-5-10/h4-7,9H,3,8H2,1-2H3,(H,17,18,20). The molecule has 0 spiro atoms. The van der Waals surface area contributed by atoms with Gasteiger partial charge >= 0.3 is 5.97 Å². The van der Waals surface area contributed by atoms with Gasteiger partial charge in [0.2, 0.25) is 11.0 Å². The van der Waals surface area contributed by atoms with Gasteiger partial charge in [0.1, 0.15) is 11.1 Å². The first-order valence-electron chi connectivity index (χ1n) is 7.19. The van der Waals surface area contributed by atoms with Crippen molar-refractivity contribution in [2.45, 2.75) is 29.9 Å². The summed E-state index contributed by atoms with van der Waals surface area (Å²) in [6.07, 6.45) is 0.113. The summed E-state index contributed by atoms with van der Waals surface area (Å²) in [5, 5.41) is 10.4. The Morgan fingerprint density at radius 1 is 1.33 bits per heavy atom. The van der Waals surface area contributed by atoms with Gasteiger partial charge in [-0.1, -0.05) is 35.2 Å². The molecule has 128 valence electrons. The van der Waals surface area contributed by atoms with Gasteiger partial charge in [-0.05, 0) is 31.5 Å². The molecule has 0 radical (unpaired) electrons. The number of esters is 1. The Labute approximate surface area is 146 Å². The molecular formula is C15H16FN3O3S2. The number of amides is 1. The number of carbonyl (C=O) groups is 2. The van der Waals surface area contributed by atoms with Gasteiger partial charge in [-0.3, -0.25) is 9.59 Å². The number of nitrogens with one attached hydrogen (secondary N) is 1. The van der Waals surface area contributed by atoms with Crippen LogP contribution >= 0.6 is 23.1 Å². The summed E-state index contributed by atoms with van der Waals surface area (Å²) in [6, 6.07) is 5.72. The third-order valence-electron chi connectivity index (χ3n) is 2.83. The third-order valence-corrected chi connectivity index (χ3v) is 4.83. The molecule has 0 fully saturated rings. The second kappa shape index (κ2) is 8.74. The maximum atomic E-state index is 12.8. The Morgan fingerprint density at radius 3 is 2.71 bits per heavy atom. The van der Waals surface area contributed by atoms with Crippen molar-refractivity contribution in [1.29, 1.82) is 0 Å². The van der Waals surface area contributed by atoms with Gasteiger partial charge in [0.05, 0.1) is 13.0 Å². The van der Waals surface area contributed by atoms with E-state index in [0.717, 1.165) is 0 Å². The lowest BCUT2D eigenvalue weighted by atomic mass is 10.1. The fraction of sp³-hybridized carbons (Fsp3) is 0.333. The normalized spacial score (nSPS) is 11.8. The number of hydrogen-bond donors (Lipinski definition) is 1. The average molecular weight is 369 g/mol. The van der Waals surface area contributed by atoms with Crippen LogP contribution in [0.25, 0.3) is 0 Å². The lowest BCUT2D eigenvalue weighted by molar-refractivity contribution is -0.142. The molecule has 2 rings (SSSR count). The molecule has 1 unspecified atom stereocenters. The van der Waals surface area contributed by atoms with E-state index >= 15 is 0 Å². The zero-order valence-electron chi connectivity index (χ0n) is 13.1. The van der Waals surface area contributed by atoms with Crippen LogP contribution < -0.4 is 5.32 Å². The molecule has 1 aromatic carbocycles. The number of benzene rings is 1. The molecule has 0 saturated carbocycles. The second-order valence-corrected chi connectivity index (χ2v) is 7.30. The van der Waals surface area contributed by atoms with Crippen molar-refractivity contribution in [3.63, 3.8) is 0 Å². The number of carbonyl (C=O) groups excluding carboxylic acids is 2. The van der Waals surface area contributed by atoms with Gasteiger partial charge in [0.15, 0.2) is 4.34 Å². The van der Waals surface area contributed by atoms with Gasteiger partial charge in [0, 0.05) is 0 Å². The van der Waals surface area contributed by atoms with Crippen molar-refractivity contribution in [3.05, 3.63) is 35.6 Å². The Morgan fingerprint density at radius 2 is 2.04 bits per heavy atom. The van der Waals surface area contributed by atoms with Gasteiger partial charge in [-0.15, -0.1) is 10.2 Å². The second-order valence-electron chi connectivity index (χ2n) is 4.74. The quantitative estimate of drug-likeness (QED) is 0.459. The zero-order chi connectivity index (χ0) is 17.5. The van der Waals surface area contributed by atoms with Gasteiger partial charge in [-0.2, -0.15) is 0 Å². The molecule has 6 nitrogen and oxygen atoms in total. The van der Waals surface area contributed by atoms with Crippen LogP contribution in [0.2, 0.25) is 0 Å². The van der Waals surface area contributed by atoms with Crippen LogP contribution in [0.3, 0.4) is 0 Å². The number of thioether (sulfide) groups is 1. The molecule has 1 amide bonds. The van der Waals surface area contributed by atoms with E-state index < -0.39 is 5.25 Å². The maximum Gasteiger partial charge on any atom is 0.319 e. The number of hydrogen-bond acceptors (Lipinski definition) is 7. The summed E-state index contributed by atoms with van der Waals surface area (Å²) in [7, 11) is 0. The number of anilines is 1. The largest absolute Gasteiger partial charge is 0.465 e. The third kappa shape index (κ3) is 5.57. The van der Waals surface area contributed by atoms with E-state index in [1.54, 1.807) is 26.0 Å². The summed E-state index contributed by atoms with van der Waals surface area (Å²) >= 11 is 2.40. The van der Waals surface area contributed by atoms with Crippen molar-refractivity contribution in [1.82, 2.24) is 10.2 Å². The molecule has 9 heteroatoms. The number of rotatable bonds is 7. The molecule has 1 N–H and O–H groups in total. The van der Waals surface area contributed by atoms with Crippen LogP contribution in [-0.4, -0.2) is 33.9 Å². The van der Waals surface area contributed by atoms with Crippen molar-refractivity contribution in [2.75, 3.05) is 11.9 Å². The van der Waals surface area contributed by atoms with Crippen LogP contribution in [0, 0.1) is 5.82 Å². The van der Waals surface area contributed by atoms with Gasteiger partial charge in [-0.25, -0.2) is 4.39 Å². The molecule has 0 aliphatic carbocycles. The molecule has 1 heterocycles. The molecule has 0 saturated heterocycles. The highest BCUT2D eigenvalue weighted by Gasteiger charge is 2.18. The highest BCUT2D eigenvalue weighted by molar-refractivity contribution is 8.02. The molecule has 0 aliphatic rings. The molecule has 2 aromatic rings. The molecular weight excluding hydrogens is 353 g/mol. The van der Waals surface area contributed by atoms with E-state index in [0.29, 0.717) is 21.6 Å². The van der Waals surface area contributed by atoms with Gasteiger partial charge < -0.3 is 10.1 Å². The Hall–Kier alpha value is -2.00. The Bertz CT molecular complexity index is 706. The molecule has 0 aliphatic heterocycles. The summed E-state index contributed by atoms with van der Waals surface area (Å²) < 4.78 is 18.3. The van der Waals surface area contributed by atoms with Crippen molar-refractivity contribution in [3.8, 4) is 0 Å². The molecule has 1 atom stereocenters. The topological polar surface area (TPSA) is 81.2 Å². The minimum atomic E-state index is -0.402. The van der Waals surface area contributed by atoms with Crippen LogP contribution in [0.15, 0.2) is 28.6 Å². The minimum Gasteiger partial charge on any atom is -0.465 e. The van der Waals surface area contributed by atoms with Gasteiger partial charge in [0.25, 0.3) is 0 Å². The average Bonchev–Trinajstić information content (AvgIpc) is 2.96. The van der Waals surface area contributed by atoms with Crippen LogP contribution in [0.4, 0.5) is 9.52 Å². The predicted molar refractivity (Wildman–Crippen MR) is 90.6 cm³/mol. The van der Waals surface area contributed by atoms with E-state index in [1.807, 2.05) is 0 Å². The zero-order valence-corrected chi connectivity index (χ0v) is 14.7. The van der Waals surface area contributed by atoms with Crippen molar-refractivity contribution >= 4 is 40.1 Å². The smallest absolute Gasteiger partial charge is 0.319 e. The predicted octanol–water partition coefficient (Wildman–Crippen LogP) is 2.90.